The third-order valence-electron chi connectivity index (χ3n) is 1.10. The number of rotatable bonds is 2. The van der Waals surface area contributed by atoms with Crippen LogP contribution in [0.3, 0.4) is 0 Å². The van der Waals surface area contributed by atoms with E-state index in [1.807, 2.05) is 13.1 Å². The minimum Gasteiger partial charge on any atom is -0.171 e. The fraction of sp³-hybridized carbons (Fsp3) is 0.750. The lowest BCUT2D eigenvalue weighted by atomic mass is 10.2. The highest BCUT2D eigenvalue weighted by Crippen LogP contribution is 2.21. The first-order valence-electron chi connectivity index (χ1n) is 3.77. The molecular weight excluding hydrogens is 181 g/mol. The summed E-state index contributed by atoms with van der Waals surface area (Å²) in [5.41, 5.74) is 2.92. The van der Waals surface area contributed by atoms with Crippen molar-refractivity contribution in [1.82, 2.24) is 0 Å². The van der Waals surface area contributed by atoms with Crippen LogP contribution in [-0.4, -0.2) is 15.0 Å². The molecule has 0 atom stereocenters. The van der Waals surface area contributed by atoms with Crippen LogP contribution in [0.5, 0.6) is 0 Å². The van der Waals surface area contributed by atoms with E-state index < -0.39 is 21.4 Å². The summed E-state index contributed by atoms with van der Waals surface area (Å²) < 4.78 is 34.8. The van der Waals surface area contributed by atoms with E-state index in [0.29, 0.717) is 6.42 Å². The molecule has 0 fully saturated rings. The minimum atomic E-state index is -4.02. The van der Waals surface area contributed by atoms with Gasteiger partial charge in [0.25, 0.3) is 0 Å². The van der Waals surface area contributed by atoms with Gasteiger partial charge in [0.15, 0.2) is 0 Å². The Kier molecular flexibility index (Phi) is 5.06. The van der Waals surface area contributed by atoms with Gasteiger partial charge in [0.2, 0.25) is 0 Å². The van der Waals surface area contributed by atoms with E-state index in [0.717, 1.165) is 0 Å². The van der Waals surface area contributed by atoms with Crippen LogP contribution in [-0.2, 0) is 0 Å². The Morgan fingerprint density at radius 2 is 1.83 bits per heavy atom. The third-order valence-corrected chi connectivity index (χ3v) is 1.78. The van der Waals surface area contributed by atoms with E-state index in [2.05, 4.69) is 11.5 Å². The highest BCUT2D eigenvalue weighted by molar-refractivity contribution is 6.64. The van der Waals surface area contributed by atoms with E-state index >= 15 is 0 Å². The standard InChI is InChI=1S/C8H12F3Si/c1-12(2)7-5-3-4-6-8(9,10)11/h3-4,6H2,1-2H3. The Morgan fingerprint density at radius 1 is 1.25 bits per heavy atom. The Balaban J connectivity index is 3.42. The normalized spacial score (nSPS) is 11.2. The number of halogens is 3. The predicted octanol–water partition coefficient (Wildman–Crippen LogP) is 3.02. The monoisotopic (exact) mass is 193 g/mol. The van der Waals surface area contributed by atoms with Crippen LogP contribution in [0.15, 0.2) is 0 Å². The maximum absolute atomic E-state index is 11.6. The smallest absolute Gasteiger partial charge is 0.171 e. The molecule has 0 saturated carbocycles. The van der Waals surface area contributed by atoms with Crippen molar-refractivity contribution in [3.63, 3.8) is 0 Å². The van der Waals surface area contributed by atoms with Crippen LogP contribution in [0.1, 0.15) is 19.3 Å². The molecule has 0 unspecified atom stereocenters. The number of unbranched alkanes of at least 4 members (excludes halogenated alkanes) is 1. The summed E-state index contributed by atoms with van der Waals surface area (Å²) in [6.45, 7) is 4.03. The molecule has 69 valence electrons. The highest BCUT2D eigenvalue weighted by Gasteiger charge is 2.25. The number of hydrogen-bond acceptors (Lipinski definition) is 0. The molecule has 0 N–H and O–H groups in total. The van der Waals surface area contributed by atoms with E-state index in [4.69, 9.17) is 0 Å². The molecule has 4 heteroatoms. The summed E-state index contributed by atoms with van der Waals surface area (Å²) in [7, 11) is -0.593. The molecule has 12 heavy (non-hydrogen) atoms. The summed E-state index contributed by atoms with van der Waals surface area (Å²) in [6.07, 6.45) is -4.23. The first kappa shape index (κ1) is 11.6. The van der Waals surface area contributed by atoms with Gasteiger partial charge in [-0.25, -0.2) is 0 Å². The van der Waals surface area contributed by atoms with Crippen LogP contribution >= 0.6 is 0 Å². The van der Waals surface area contributed by atoms with E-state index in [1.165, 1.54) is 0 Å². The average Bonchev–Trinajstić information content (AvgIpc) is 1.83. The van der Waals surface area contributed by atoms with Crippen molar-refractivity contribution in [2.45, 2.75) is 38.5 Å². The first-order chi connectivity index (χ1) is 5.42. The molecule has 0 aliphatic carbocycles. The summed E-state index contributed by atoms with van der Waals surface area (Å²) in [4.78, 5) is 0. The molecule has 0 aliphatic heterocycles. The van der Waals surface area contributed by atoms with Gasteiger partial charge in [-0.3, -0.25) is 0 Å². The third kappa shape index (κ3) is 9.57. The molecule has 0 nitrogen and oxygen atoms in total. The van der Waals surface area contributed by atoms with Crippen molar-refractivity contribution in [1.29, 1.82) is 0 Å². The fourth-order valence-electron chi connectivity index (χ4n) is 0.616. The van der Waals surface area contributed by atoms with Crippen LogP contribution in [0.4, 0.5) is 13.2 Å². The van der Waals surface area contributed by atoms with Crippen LogP contribution in [0, 0.1) is 11.5 Å². The maximum atomic E-state index is 11.6. The molecular formula is C8H12F3Si. The summed E-state index contributed by atoms with van der Waals surface area (Å²) >= 11 is 0. The van der Waals surface area contributed by atoms with Gasteiger partial charge in [0.1, 0.15) is 8.80 Å². The molecule has 0 aromatic carbocycles. The largest absolute Gasteiger partial charge is 0.389 e. The highest BCUT2D eigenvalue weighted by atomic mass is 28.3. The van der Waals surface area contributed by atoms with E-state index in [-0.39, 0.29) is 6.42 Å². The molecule has 0 saturated heterocycles. The second-order valence-electron chi connectivity index (χ2n) is 2.77. The summed E-state index contributed by atoms with van der Waals surface area (Å²) in [6, 6.07) is 0. The molecule has 0 spiro atoms. The van der Waals surface area contributed by atoms with Crippen molar-refractivity contribution in [2.75, 3.05) is 0 Å². The predicted molar refractivity (Wildman–Crippen MR) is 45.2 cm³/mol. The molecule has 0 aromatic rings. The molecule has 0 aliphatic rings. The topological polar surface area (TPSA) is 0 Å². The van der Waals surface area contributed by atoms with Gasteiger partial charge in [0.05, 0.1) is 0 Å². The van der Waals surface area contributed by atoms with Crippen LogP contribution in [0.25, 0.3) is 0 Å². The van der Waals surface area contributed by atoms with Gasteiger partial charge in [-0.05, 0) is 6.42 Å². The second-order valence-corrected chi connectivity index (χ2v) is 5.02. The zero-order valence-electron chi connectivity index (χ0n) is 7.26. The van der Waals surface area contributed by atoms with Gasteiger partial charge in [-0.2, -0.15) is 13.2 Å². The molecule has 1 radical (unpaired) electrons. The van der Waals surface area contributed by atoms with Crippen molar-refractivity contribution in [2.24, 2.45) is 0 Å². The van der Waals surface area contributed by atoms with Gasteiger partial charge >= 0.3 is 6.18 Å². The Morgan fingerprint density at radius 3 is 2.25 bits per heavy atom. The zero-order chi connectivity index (χ0) is 9.61. The van der Waals surface area contributed by atoms with Crippen molar-refractivity contribution in [3.8, 4) is 11.5 Å². The SMILES string of the molecule is C[Si](C)C#CCCCC(F)(F)F. The first-order valence-corrected chi connectivity index (χ1v) is 6.27. The van der Waals surface area contributed by atoms with Crippen molar-refractivity contribution in [3.05, 3.63) is 0 Å². The van der Waals surface area contributed by atoms with Gasteiger partial charge in [0, 0.05) is 12.8 Å². The second kappa shape index (κ2) is 5.25. The van der Waals surface area contributed by atoms with Gasteiger partial charge < -0.3 is 0 Å². The molecule has 0 aromatic heterocycles. The van der Waals surface area contributed by atoms with Crippen molar-refractivity contribution >= 4 is 8.80 Å². The lowest BCUT2D eigenvalue weighted by Crippen LogP contribution is -2.05. The quantitative estimate of drug-likeness (QED) is 0.359. The van der Waals surface area contributed by atoms with Gasteiger partial charge in [-0.15, -0.1) is 11.5 Å². The minimum absolute atomic E-state index is 0.131. The summed E-state index contributed by atoms with van der Waals surface area (Å²) in [5, 5.41) is 0. The Hall–Kier alpha value is -0.433. The average molecular weight is 193 g/mol. The molecule has 0 amide bonds. The molecule has 0 bridgehead atoms. The summed E-state index contributed by atoms with van der Waals surface area (Å²) in [5.74, 6) is 2.75. The van der Waals surface area contributed by atoms with E-state index in [1.54, 1.807) is 0 Å². The van der Waals surface area contributed by atoms with Gasteiger partial charge in [-0.1, -0.05) is 13.1 Å². The fourth-order valence-corrected chi connectivity index (χ4v) is 1.10. The zero-order valence-corrected chi connectivity index (χ0v) is 8.26. The number of hydrogen-bond donors (Lipinski definition) is 0. The lowest BCUT2D eigenvalue weighted by Gasteiger charge is -2.02. The lowest BCUT2D eigenvalue weighted by molar-refractivity contribution is -0.135. The Bertz CT molecular complexity index is 173. The molecule has 0 rings (SSSR count). The maximum Gasteiger partial charge on any atom is 0.389 e. The molecule has 0 heterocycles. The van der Waals surface area contributed by atoms with Crippen molar-refractivity contribution < 1.29 is 13.2 Å². The van der Waals surface area contributed by atoms with E-state index in [9.17, 15) is 13.2 Å². The van der Waals surface area contributed by atoms with Crippen LogP contribution in [0.2, 0.25) is 13.1 Å². The van der Waals surface area contributed by atoms with Crippen LogP contribution < -0.4 is 0 Å². The number of alkyl halides is 3. The Labute approximate surface area is 72.8 Å².